The van der Waals surface area contributed by atoms with Crippen LogP contribution in [0.3, 0.4) is 0 Å². The summed E-state index contributed by atoms with van der Waals surface area (Å²) in [7, 11) is 1.34. The predicted octanol–water partition coefficient (Wildman–Crippen LogP) is 2.07. The van der Waals surface area contributed by atoms with E-state index in [4.69, 9.17) is 5.11 Å². The molecule has 108 valence electrons. The van der Waals surface area contributed by atoms with Crippen LogP contribution in [0.25, 0.3) is 0 Å². The number of carbonyl (C=O) groups is 1. The Balaban J connectivity index is 2.96. The van der Waals surface area contributed by atoms with E-state index in [-0.39, 0.29) is 6.61 Å². The Kier molecular flexibility index (Phi) is 6.13. The van der Waals surface area contributed by atoms with Gasteiger partial charge in [-0.05, 0) is 30.7 Å². The highest BCUT2D eigenvalue weighted by Gasteiger charge is 2.16. The van der Waals surface area contributed by atoms with Gasteiger partial charge in [0.25, 0.3) is 12.3 Å². The number of alkyl halides is 2. The fraction of sp³-hybridized carbons (Fsp3) is 0.400. The first-order chi connectivity index (χ1) is 9.43. The van der Waals surface area contributed by atoms with E-state index >= 15 is 0 Å². The van der Waals surface area contributed by atoms with Gasteiger partial charge in [0.2, 0.25) is 0 Å². The first-order valence-corrected chi connectivity index (χ1v) is 6.19. The highest BCUT2D eigenvalue weighted by atomic mass is 19.3. The molecule has 0 aliphatic heterocycles. The van der Waals surface area contributed by atoms with Gasteiger partial charge in [-0.2, -0.15) is 0 Å². The fourth-order valence-corrected chi connectivity index (χ4v) is 1.71. The molecule has 0 fully saturated rings. The Morgan fingerprint density at radius 3 is 2.70 bits per heavy atom. The van der Waals surface area contributed by atoms with Crippen LogP contribution >= 0.6 is 0 Å². The third-order valence-corrected chi connectivity index (χ3v) is 2.55. The maximum absolute atomic E-state index is 12.3. The number of benzene rings is 1. The zero-order chi connectivity index (χ0) is 15.1. The van der Waals surface area contributed by atoms with Crippen molar-refractivity contribution in [1.82, 2.24) is 4.90 Å². The summed E-state index contributed by atoms with van der Waals surface area (Å²) in [6, 6.07) is 5.01. The lowest BCUT2D eigenvalue weighted by atomic mass is 10.1. The molecule has 0 saturated heterocycles. The Labute approximate surface area is 117 Å². The molecule has 0 saturated carbocycles. The standard InChI is InChI=1S/C15H17F2NO2/c1-11-7-12(5-3-4-6-19)9-13(8-11)15(20)18(2)10-14(16)17/h7-9,14,19H,4,6,10H2,1-2H3. The Morgan fingerprint density at radius 2 is 2.10 bits per heavy atom. The van der Waals surface area contributed by atoms with E-state index in [1.54, 1.807) is 25.1 Å². The number of hydrogen-bond donors (Lipinski definition) is 1. The van der Waals surface area contributed by atoms with Gasteiger partial charge in [0.05, 0.1) is 13.2 Å². The quantitative estimate of drug-likeness (QED) is 0.858. The van der Waals surface area contributed by atoms with Crippen molar-refractivity contribution in [1.29, 1.82) is 0 Å². The molecule has 3 nitrogen and oxygen atoms in total. The van der Waals surface area contributed by atoms with Gasteiger partial charge in [0.15, 0.2) is 0 Å². The summed E-state index contributed by atoms with van der Waals surface area (Å²) in [6.45, 7) is 1.18. The third-order valence-electron chi connectivity index (χ3n) is 2.55. The second-order valence-electron chi connectivity index (χ2n) is 4.44. The molecule has 1 aromatic rings. The van der Waals surface area contributed by atoms with Crippen molar-refractivity contribution in [3.05, 3.63) is 34.9 Å². The lowest BCUT2D eigenvalue weighted by Gasteiger charge is -2.17. The minimum Gasteiger partial charge on any atom is -0.395 e. The van der Waals surface area contributed by atoms with Crippen LogP contribution in [-0.4, -0.2) is 42.5 Å². The minimum atomic E-state index is -2.56. The van der Waals surface area contributed by atoms with Crippen LogP contribution in [-0.2, 0) is 0 Å². The Bertz CT molecular complexity index is 532. The lowest BCUT2D eigenvalue weighted by Crippen LogP contribution is -2.31. The van der Waals surface area contributed by atoms with Crippen LogP contribution < -0.4 is 0 Å². The summed E-state index contributed by atoms with van der Waals surface area (Å²) in [5.74, 6) is 5.13. The summed E-state index contributed by atoms with van der Waals surface area (Å²) in [5, 5.41) is 8.66. The minimum absolute atomic E-state index is 0.0261. The summed E-state index contributed by atoms with van der Waals surface area (Å²) < 4.78 is 24.6. The Morgan fingerprint density at radius 1 is 1.40 bits per heavy atom. The molecule has 0 spiro atoms. The zero-order valence-corrected chi connectivity index (χ0v) is 11.5. The van der Waals surface area contributed by atoms with Crippen molar-refractivity contribution in [2.45, 2.75) is 19.8 Å². The highest BCUT2D eigenvalue weighted by molar-refractivity contribution is 5.94. The number of aliphatic hydroxyl groups excluding tert-OH is 1. The van der Waals surface area contributed by atoms with E-state index in [1.807, 2.05) is 0 Å². The number of carbonyl (C=O) groups excluding carboxylic acids is 1. The number of rotatable bonds is 4. The van der Waals surface area contributed by atoms with Gasteiger partial charge in [-0.15, -0.1) is 0 Å². The maximum Gasteiger partial charge on any atom is 0.255 e. The van der Waals surface area contributed by atoms with Crippen LogP contribution in [0.15, 0.2) is 18.2 Å². The van der Waals surface area contributed by atoms with Gasteiger partial charge in [0.1, 0.15) is 0 Å². The molecule has 20 heavy (non-hydrogen) atoms. The van der Waals surface area contributed by atoms with E-state index in [0.29, 0.717) is 17.5 Å². The van der Waals surface area contributed by atoms with E-state index in [9.17, 15) is 13.6 Å². The second-order valence-corrected chi connectivity index (χ2v) is 4.44. The third kappa shape index (κ3) is 4.98. The molecule has 0 radical (unpaired) electrons. The first kappa shape index (κ1) is 16.1. The highest BCUT2D eigenvalue weighted by Crippen LogP contribution is 2.12. The van der Waals surface area contributed by atoms with Gasteiger partial charge in [-0.25, -0.2) is 8.78 Å². The van der Waals surface area contributed by atoms with Crippen molar-refractivity contribution < 1.29 is 18.7 Å². The number of amides is 1. The van der Waals surface area contributed by atoms with Crippen molar-refractivity contribution in [3.63, 3.8) is 0 Å². The molecule has 0 unspecified atom stereocenters. The molecule has 0 aliphatic rings. The van der Waals surface area contributed by atoms with Gasteiger partial charge >= 0.3 is 0 Å². The van der Waals surface area contributed by atoms with Crippen LogP contribution in [0.5, 0.6) is 0 Å². The summed E-state index contributed by atoms with van der Waals surface area (Å²) in [4.78, 5) is 13.0. The van der Waals surface area contributed by atoms with E-state index < -0.39 is 18.9 Å². The molecule has 1 N–H and O–H groups in total. The molecule has 0 aliphatic carbocycles. The monoisotopic (exact) mass is 281 g/mol. The number of aryl methyl sites for hydroxylation is 1. The van der Waals surface area contributed by atoms with Crippen LogP contribution in [0, 0.1) is 18.8 Å². The predicted molar refractivity (Wildman–Crippen MR) is 72.7 cm³/mol. The molecule has 1 rings (SSSR count). The molecule has 1 aromatic carbocycles. The summed E-state index contributed by atoms with van der Waals surface area (Å²) in [5.41, 5.74) is 1.79. The van der Waals surface area contributed by atoms with Crippen molar-refractivity contribution >= 4 is 5.91 Å². The number of nitrogens with zero attached hydrogens (tertiary/aromatic N) is 1. The van der Waals surface area contributed by atoms with Crippen molar-refractivity contribution in [2.24, 2.45) is 0 Å². The molecular weight excluding hydrogens is 264 g/mol. The number of hydrogen-bond acceptors (Lipinski definition) is 2. The molecule has 1 amide bonds. The average molecular weight is 281 g/mol. The average Bonchev–Trinajstić information content (AvgIpc) is 2.36. The van der Waals surface area contributed by atoms with Gasteiger partial charge < -0.3 is 10.0 Å². The summed E-state index contributed by atoms with van der Waals surface area (Å²) >= 11 is 0. The van der Waals surface area contributed by atoms with Crippen molar-refractivity contribution in [2.75, 3.05) is 20.2 Å². The van der Waals surface area contributed by atoms with Crippen molar-refractivity contribution in [3.8, 4) is 11.8 Å². The molecule has 0 heterocycles. The molecule has 5 heteroatoms. The Hall–Kier alpha value is -1.93. The number of aliphatic hydroxyl groups is 1. The SMILES string of the molecule is Cc1cc(C#CCCO)cc(C(=O)N(C)CC(F)F)c1. The molecular formula is C15H17F2NO2. The van der Waals surface area contributed by atoms with E-state index in [1.165, 1.54) is 7.05 Å². The lowest BCUT2D eigenvalue weighted by molar-refractivity contribution is 0.0620. The first-order valence-electron chi connectivity index (χ1n) is 6.19. The topological polar surface area (TPSA) is 40.5 Å². The van der Waals surface area contributed by atoms with Crippen LogP contribution in [0.2, 0.25) is 0 Å². The molecule has 0 aromatic heterocycles. The largest absolute Gasteiger partial charge is 0.395 e. The fourth-order valence-electron chi connectivity index (χ4n) is 1.71. The smallest absolute Gasteiger partial charge is 0.255 e. The normalized spacial score (nSPS) is 10.1. The maximum atomic E-state index is 12.3. The van der Waals surface area contributed by atoms with Crippen LogP contribution in [0.4, 0.5) is 8.78 Å². The van der Waals surface area contributed by atoms with E-state index in [0.717, 1.165) is 10.5 Å². The van der Waals surface area contributed by atoms with Crippen LogP contribution in [0.1, 0.15) is 27.9 Å². The van der Waals surface area contributed by atoms with E-state index in [2.05, 4.69) is 11.8 Å². The molecule has 0 atom stereocenters. The molecule has 0 bridgehead atoms. The number of halogens is 2. The summed E-state index contributed by atoms with van der Waals surface area (Å²) in [6.07, 6.45) is -2.21. The van der Waals surface area contributed by atoms with Gasteiger partial charge in [-0.1, -0.05) is 11.8 Å². The van der Waals surface area contributed by atoms with Gasteiger partial charge in [0, 0.05) is 24.6 Å². The zero-order valence-electron chi connectivity index (χ0n) is 11.5. The second kappa shape index (κ2) is 7.61. The van der Waals surface area contributed by atoms with Gasteiger partial charge in [-0.3, -0.25) is 4.79 Å².